The van der Waals surface area contributed by atoms with Gasteiger partial charge in [0.25, 0.3) is 0 Å². The smallest absolute Gasteiger partial charge is 0.123 e. The van der Waals surface area contributed by atoms with Gasteiger partial charge in [0.1, 0.15) is 12.4 Å². The van der Waals surface area contributed by atoms with E-state index in [9.17, 15) is 0 Å². The summed E-state index contributed by atoms with van der Waals surface area (Å²) in [7, 11) is 0. The van der Waals surface area contributed by atoms with Crippen LogP contribution in [0.15, 0.2) is 36.6 Å². The minimum atomic E-state index is 0.281. The van der Waals surface area contributed by atoms with Crippen LogP contribution in [0.25, 0.3) is 0 Å². The van der Waals surface area contributed by atoms with E-state index >= 15 is 0 Å². The molecule has 1 aliphatic heterocycles. The van der Waals surface area contributed by atoms with Crippen molar-refractivity contribution < 1.29 is 4.74 Å². The van der Waals surface area contributed by atoms with Gasteiger partial charge >= 0.3 is 0 Å². The van der Waals surface area contributed by atoms with Gasteiger partial charge < -0.3 is 10.1 Å². The van der Waals surface area contributed by atoms with Crippen molar-refractivity contribution in [3.8, 4) is 0 Å². The molecule has 0 aliphatic carbocycles. The normalized spacial score (nSPS) is 25.6. The van der Waals surface area contributed by atoms with Crippen LogP contribution in [0.3, 0.4) is 0 Å². The fraction of sp³-hybridized carbons (Fsp3) is 0.538. The van der Waals surface area contributed by atoms with E-state index in [0.717, 1.165) is 11.3 Å². The van der Waals surface area contributed by atoms with Gasteiger partial charge in [0, 0.05) is 17.7 Å². The average molecular weight is 209 g/mol. The summed E-state index contributed by atoms with van der Waals surface area (Å²) in [5.74, 6) is 0.847. The quantitative estimate of drug-likeness (QED) is 0.754. The Balaban J connectivity index is 0.000000921. The summed E-state index contributed by atoms with van der Waals surface area (Å²) < 4.78 is 5.57. The molecular weight excluding hydrogens is 186 g/mol. The maximum Gasteiger partial charge on any atom is 0.123 e. The Morgan fingerprint density at radius 2 is 1.87 bits per heavy atom. The summed E-state index contributed by atoms with van der Waals surface area (Å²) in [4.78, 5) is 0. The van der Waals surface area contributed by atoms with E-state index in [-0.39, 0.29) is 6.04 Å². The molecule has 2 nitrogen and oxygen atoms in total. The Morgan fingerprint density at radius 1 is 1.27 bits per heavy atom. The van der Waals surface area contributed by atoms with Crippen LogP contribution in [0.4, 0.5) is 0 Å². The number of hydrogen-bond acceptors (Lipinski definition) is 2. The molecule has 0 aromatic heterocycles. The summed E-state index contributed by atoms with van der Waals surface area (Å²) in [5.41, 5.74) is 1.08. The Labute approximate surface area is 93.7 Å². The molecule has 0 fully saturated rings. The van der Waals surface area contributed by atoms with Crippen LogP contribution in [0, 0.1) is 0 Å². The molecule has 1 rings (SSSR count). The lowest BCUT2D eigenvalue weighted by Gasteiger charge is -2.15. The third-order valence-electron chi connectivity index (χ3n) is 2.18. The molecule has 0 aromatic carbocycles. The third-order valence-corrected chi connectivity index (χ3v) is 2.18. The first-order valence-corrected chi connectivity index (χ1v) is 5.57. The van der Waals surface area contributed by atoms with Crippen LogP contribution < -0.4 is 5.32 Å². The topological polar surface area (TPSA) is 21.3 Å². The number of rotatable bonds is 2. The van der Waals surface area contributed by atoms with E-state index in [1.807, 2.05) is 19.9 Å². The molecule has 1 N–H and O–H groups in total. The highest BCUT2D eigenvalue weighted by Crippen LogP contribution is 2.17. The van der Waals surface area contributed by atoms with Crippen molar-refractivity contribution >= 4 is 0 Å². The molecule has 2 heteroatoms. The second kappa shape index (κ2) is 7.30. The van der Waals surface area contributed by atoms with Gasteiger partial charge in [-0.15, -0.1) is 0 Å². The number of nitrogens with one attached hydrogen (secondary N) is 1. The summed E-state index contributed by atoms with van der Waals surface area (Å²) in [6.07, 6.45) is 3.57. The van der Waals surface area contributed by atoms with Crippen LogP contribution in [0.2, 0.25) is 0 Å². The van der Waals surface area contributed by atoms with Crippen molar-refractivity contribution in [3.05, 3.63) is 36.6 Å². The molecule has 0 saturated heterocycles. The van der Waals surface area contributed by atoms with Crippen molar-refractivity contribution in [2.75, 3.05) is 6.61 Å². The zero-order chi connectivity index (χ0) is 11.8. The zero-order valence-electron chi connectivity index (χ0n) is 10.3. The summed E-state index contributed by atoms with van der Waals surface area (Å²) in [6.45, 7) is 16.4. The predicted octanol–water partition coefficient (Wildman–Crippen LogP) is 3.04. The van der Waals surface area contributed by atoms with Crippen molar-refractivity contribution in [2.45, 2.75) is 39.8 Å². The minimum absolute atomic E-state index is 0.281. The van der Waals surface area contributed by atoms with Gasteiger partial charge in [0.05, 0.1) is 0 Å². The molecule has 0 spiro atoms. The van der Waals surface area contributed by atoms with Gasteiger partial charge in [-0.05, 0) is 19.9 Å². The van der Waals surface area contributed by atoms with Gasteiger partial charge in [0.2, 0.25) is 0 Å². The van der Waals surface area contributed by atoms with Crippen molar-refractivity contribution in [1.82, 2.24) is 5.32 Å². The lowest BCUT2D eigenvalue weighted by atomic mass is 10.1. The Morgan fingerprint density at radius 3 is 2.33 bits per heavy atom. The van der Waals surface area contributed by atoms with Gasteiger partial charge in [-0.25, -0.2) is 0 Å². The molecule has 86 valence electrons. The van der Waals surface area contributed by atoms with Gasteiger partial charge in [-0.3, -0.25) is 0 Å². The van der Waals surface area contributed by atoms with E-state index in [4.69, 9.17) is 4.74 Å². The molecule has 2 atom stereocenters. The number of allylic oxidation sites excluding steroid dienone is 1. The second-order valence-electron chi connectivity index (χ2n) is 3.33. The van der Waals surface area contributed by atoms with Gasteiger partial charge in [-0.2, -0.15) is 0 Å². The van der Waals surface area contributed by atoms with E-state index < -0.39 is 0 Å². The molecule has 1 aliphatic rings. The van der Waals surface area contributed by atoms with Gasteiger partial charge in [0.15, 0.2) is 0 Å². The molecule has 0 bridgehead atoms. The van der Waals surface area contributed by atoms with Gasteiger partial charge in [-0.1, -0.05) is 33.1 Å². The minimum Gasteiger partial charge on any atom is -0.492 e. The monoisotopic (exact) mass is 209 g/mol. The molecule has 0 saturated carbocycles. The average Bonchev–Trinajstić information content (AvgIpc) is 2.39. The molecule has 1 heterocycles. The van der Waals surface area contributed by atoms with E-state index in [0.29, 0.717) is 12.6 Å². The fourth-order valence-corrected chi connectivity index (χ4v) is 1.53. The van der Waals surface area contributed by atoms with Crippen LogP contribution in [0.5, 0.6) is 0 Å². The molecule has 0 amide bonds. The molecule has 15 heavy (non-hydrogen) atoms. The SMILES string of the molecule is C=CC1=C(C=C)C(C)NC(C)CO1.CC. The van der Waals surface area contributed by atoms with Crippen LogP contribution in [0.1, 0.15) is 27.7 Å². The second-order valence-corrected chi connectivity index (χ2v) is 3.33. The van der Waals surface area contributed by atoms with E-state index in [1.165, 1.54) is 0 Å². The molecule has 0 aromatic rings. The molecule has 2 unspecified atom stereocenters. The predicted molar refractivity (Wildman–Crippen MR) is 66.8 cm³/mol. The first kappa shape index (κ1) is 14.0. The lowest BCUT2D eigenvalue weighted by molar-refractivity contribution is 0.204. The highest BCUT2D eigenvalue weighted by Gasteiger charge is 2.18. The standard InChI is InChI=1S/C11H17NO.C2H6/c1-5-10-9(4)12-8(3)7-13-11(10)6-2;1-2/h5-6,8-9,12H,1-2,7H2,3-4H3;1-2H3. The Bertz CT molecular complexity index is 243. The van der Waals surface area contributed by atoms with E-state index in [2.05, 4.69) is 32.3 Å². The number of ether oxygens (including phenoxy) is 1. The lowest BCUT2D eigenvalue weighted by Crippen LogP contribution is -2.35. The largest absolute Gasteiger partial charge is 0.492 e. The first-order valence-electron chi connectivity index (χ1n) is 5.57. The van der Waals surface area contributed by atoms with Crippen LogP contribution in [-0.2, 0) is 4.74 Å². The summed E-state index contributed by atoms with van der Waals surface area (Å²) in [6, 6.07) is 0.644. The molecular formula is C13H23NO. The van der Waals surface area contributed by atoms with Crippen LogP contribution >= 0.6 is 0 Å². The van der Waals surface area contributed by atoms with Crippen molar-refractivity contribution in [2.24, 2.45) is 0 Å². The zero-order valence-corrected chi connectivity index (χ0v) is 10.3. The van der Waals surface area contributed by atoms with Crippen molar-refractivity contribution in [3.63, 3.8) is 0 Å². The third kappa shape index (κ3) is 3.92. The molecule has 0 radical (unpaired) electrons. The Hall–Kier alpha value is -1.02. The fourth-order valence-electron chi connectivity index (χ4n) is 1.53. The van der Waals surface area contributed by atoms with Crippen molar-refractivity contribution in [1.29, 1.82) is 0 Å². The Kier molecular flexibility index (Phi) is 6.80. The maximum atomic E-state index is 5.57. The summed E-state index contributed by atoms with van der Waals surface area (Å²) >= 11 is 0. The highest BCUT2D eigenvalue weighted by molar-refractivity contribution is 5.32. The highest BCUT2D eigenvalue weighted by atomic mass is 16.5. The summed E-state index contributed by atoms with van der Waals surface area (Å²) in [5, 5.41) is 3.41. The van der Waals surface area contributed by atoms with Crippen LogP contribution in [-0.4, -0.2) is 18.7 Å². The maximum absolute atomic E-state index is 5.57. The van der Waals surface area contributed by atoms with E-state index in [1.54, 1.807) is 6.08 Å². The number of hydrogen-bond donors (Lipinski definition) is 1. The first-order chi connectivity index (χ1) is 7.19.